The number of aromatic nitrogens is 2. The van der Waals surface area contributed by atoms with Crippen molar-refractivity contribution in [2.24, 2.45) is 0 Å². The SMILES string of the molecule is Cc1cc(-c2nnc(CSc3cccc(O)c3)o2)c(C)o1. The predicted molar refractivity (Wildman–Crippen MR) is 79.1 cm³/mol. The van der Waals surface area contributed by atoms with Crippen molar-refractivity contribution in [2.45, 2.75) is 24.5 Å². The van der Waals surface area contributed by atoms with Crippen LogP contribution in [-0.4, -0.2) is 15.3 Å². The van der Waals surface area contributed by atoms with Gasteiger partial charge < -0.3 is 13.9 Å². The summed E-state index contributed by atoms with van der Waals surface area (Å²) in [6.45, 7) is 3.75. The lowest BCUT2D eigenvalue weighted by molar-refractivity contribution is 0.473. The summed E-state index contributed by atoms with van der Waals surface area (Å²) in [6.07, 6.45) is 0. The van der Waals surface area contributed by atoms with Gasteiger partial charge in [-0.2, -0.15) is 0 Å². The summed E-state index contributed by atoms with van der Waals surface area (Å²) < 4.78 is 11.1. The fourth-order valence-corrected chi connectivity index (χ4v) is 2.77. The van der Waals surface area contributed by atoms with Crippen molar-refractivity contribution >= 4 is 11.8 Å². The molecular weight excluding hydrogens is 288 g/mol. The molecule has 1 aromatic carbocycles. The van der Waals surface area contributed by atoms with Crippen molar-refractivity contribution in [3.05, 3.63) is 47.7 Å². The predicted octanol–water partition coefficient (Wildman–Crippen LogP) is 3.94. The highest BCUT2D eigenvalue weighted by Gasteiger charge is 2.14. The Hall–Kier alpha value is -2.21. The molecule has 21 heavy (non-hydrogen) atoms. The summed E-state index contributed by atoms with van der Waals surface area (Å²) in [5.74, 6) is 3.38. The third-order valence-electron chi connectivity index (χ3n) is 2.92. The zero-order valence-corrected chi connectivity index (χ0v) is 12.5. The second kappa shape index (κ2) is 5.65. The lowest BCUT2D eigenvalue weighted by atomic mass is 10.2. The molecule has 1 N–H and O–H groups in total. The van der Waals surface area contributed by atoms with E-state index in [1.54, 1.807) is 18.2 Å². The van der Waals surface area contributed by atoms with E-state index in [0.717, 1.165) is 22.0 Å². The van der Waals surface area contributed by atoms with Gasteiger partial charge in [-0.25, -0.2) is 0 Å². The van der Waals surface area contributed by atoms with E-state index in [1.165, 1.54) is 11.8 Å². The Bertz CT molecular complexity index is 764. The Kier molecular flexibility index (Phi) is 3.70. The van der Waals surface area contributed by atoms with Crippen molar-refractivity contribution in [3.8, 4) is 17.2 Å². The van der Waals surface area contributed by atoms with Gasteiger partial charge in [0.2, 0.25) is 5.89 Å². The molecule has 0 aliphatic heterocycles. The molecule has 3 rings (SSSR count). The first-order chi connectivity index (χ1) is 10.1. The molecular formula is C15H14N2O3S. The number of aryl methyl sites for hydroxylation is 2. The van der Waals surface area contributed by atoms with Gasteiger partial charge in [-0.05, 0) is 38.1 Å². The van der Waals surface area contributed by atoms with Gasteiger partial charge in [0.25, 0.3) is 5.89 Å². The molecule has 3 aromatic rings. The highest BCUT2D eigenvalue weighted by atomic mass is 32.2. The summed E-state index contributed by atoms with van der Waals surface area (Å²) in [5.41, 5.74) is 0.827. The van der Waals surface area contributed by atoms with E-state index in [4.69, 9.17) is 8.83 Å². The maximum atomic E-state index is 9.42. The minimum Gasteiger partial charge on any atom is -0.508 e. The van der Waals surface area contributed by atoms with Crippen molar-refractivity contribution in [3.63, 3.8) is 0 Å². The van der Waals surface area contributed by atoms with Crippen LogP contribution >= 0.6 is 11.8 Å². The second-order valence-corrected chi connectivity index (χ2v) is 5.66. The maximum Gasteiger partial charge on any atom is 0.251 e. The van der Waals surface area contributed by atoms with E-state index in [1.807, 2.05) is 26.0 Å². The van der Waals surface area contributed by atoms with Crippen LogP contribution in [0.25, 0.3) is 11.5 Å². The number of rotatable bonds is 4. The molecule has 0 spiro atoms. The van der Waals surface area contributed by atoms with Gasteiger partial charge in [-0.1, -0.05) is 6.07 Å². The average Bonchev–Trinajstić information content (AvgIpc) is 3.03. The normalized spacial score (nSPS) is 11.0. The molecule has 0 aliphatic rings. The molecule has 2 heterocycles. The topological polar surface area (TPSA) is 72.3 Å². The van der Waals surface area contributed by atoms with Gasteiger partial charge in [-0.3, -0.25) is 0 Å². The number of aromatic hydroxyl groups is 1. The van der Waals surface area contributed by atoms with Crippen molar-refractivity contribution < 1.29 is 13.9 Å². The molecule has 0 aliphatic carbocycles. The molecule has 0 bridgehead atoms. The van der Waals surface area contributed by atoms with Gasteiger partial charge >= 0.3 is 0 Å². The Morgan fingerprint density at radius 2 is 2.00 bits per heavy atom. The molecule has 108 valence electrons. The number of phenols is 1. The summed E-state index contributed by atoms with van der Waals surface area (Å²) in [4.78, 5) is 0.949. The second-order valence-electron chi connectivity index (χ2n) is 4.61. The number of benzene rings is 1. The van der Waals surface area contributed by atoms with Crippen LogP contribution < -0.4 is 0 Å². The zero-order valence-electron chi connectivity index (χ0n) is 11.7. The third-order valence-corrected chi connectivity index (χ3v) is 3.90. The van der Waals surface area contributed by atoms with E-state index in [2.05, 4.69) is 10.2 Å². The number of phenolic OH excluding ortho intramolecular Hbond substituents is 1. The summed E-state index contributed by atoms with van der Waals surface area (Å²) in [7, 11) is 0. The van der Waals surface area contributed by atoms with Crippen LogP contribution in [-0.2, 0) is 5.75 Å². The van der Waals surface area contributed by atoms with E-state index < -0.39 is 0 Å². The molecule has 0 unspecified atom stereocenters. The van der Waals surface area contributed by atoms with Gasteiger partial charge in [0.1, 0.15) is 17.3 Å². The minimum atomic E-state index is 0.246. The van der Waals surface area contributed by atoms with Crippen molar-refractivity contribution in [1.82, 2.24) is 10.2 Å². The number of hydrogen-bond donors (Lipinski definition) is 1. The third kappa shape index (κ3) is 3.11. The van der Waals surface area contributed by atoms with Gasteiger partial charge in [-0.15, -0.1) is 22.0 Å². The molecule has 0 fully saturated rings. The van der Waals surface area contributed by atoms with Crippen LogP contribution in [0.1, 0.15) is 17.4 Å². The van der Waals surface area contributed by atoms with Gasteiger partial charge in [0.15, 0.2) is 0 Å². The molecule has 0 saturated carbocycles. The van der Waals surface area contributed by atoms with Crippen molar-refractivity contribution in [1.29, 1.82) is 0 Å². The highest BCUT2D eigenvalue weighted by Crippen LogP contribution is 2.28. The van der Waals surface area contributed by atoms with Crippen molar-refractivity contribution in [2.75, 3.05) is 0 Å². The standard InChI is InChI=1S/C15H14N2O3S/c1-9-6-13(10(2)19-9)15-17-16-14(20-15)8-21-12-5-3-4-11(18)7-12/h3-7,18H,8H2,1-2H3. The molecule has 2 aromatic heterocycles. The van der Waals surface area contributed by atoms with Crippen LogP contribution in [0.2, 0.25) is 0 Å². The number of furan rings is 1. The van der Waals surface area contributed by atoms with Gasteiger partial charge in [0, 0.05) is 4.90 Å². The first kappa shape index (κ1) is 13.8. The Labute approximate surface area is 126 Å². The first-order valence-electron chi connectivity index (χ1n) is 6.43. The van der Waals surface area contributed by atoms with Crippen LogP contribution in [0.5, 0.6) is 5.75 Å². The molecule has 0 amide bonds. The molecule has 6 heteroatoms. The van der Waals surface area contributed by atoms with E-state index in [9.17, 15) is 5.11 Å². The Balaban J connectivity index is 1.72. The maximum absolute atomic E-state index is 9.42. The van der Waals surface area contributed by atoms with Crippen LogP contribution in [0, 0.1) is 13.8 Å². The Morgan fingerprint density at radius 3 is 2.71 bits per heavy atom. The first-order valence-corrected chi connectivity index (χ1v) is 7.42. The lowest BCUT2D eigenvalue weighted by Crippen LogP contribution is -1.80. The summed E-state index contributed by atoms with van der Waals surface area (Å²) >= 11 is 1.53. The molecule has 0 saturated heterocycles. The van der Waals surface area contributed by atoms with E-state index in [-0.39, 0.29) is 5.75 Å². The summed E-state index contributed by atoms with van der Waals surface area (Å²) in [5, 5.41) is 17.5. The Morgan fingerprint density at radius 1 is 1.14 bits per heavy atom. The number of nitrogens with zero attached hydrogens (tertiary/aromatic N) is 2. The monoisotopic (exact) mass is 302 g/mol. The molecule has 0 atom stereocenters. The zero-order chi connectivity index (χ0) is 14.8. The fourth-order valence-electron chi connectivity index (χ4n) is 1.98. The largest absolute Gasteiger partial charge is 0.508 e. The molecule has 0 radical (unpaired) electrons. The van der Waals surface area contributed by atoms with Crippen LogP contribution in [0.15, 0.2) is 44.1 Å². The quantitative estimate of drug-likeness (QED) is 0.736. The van der Waals surface area contributed by atoms with E-state index in [0.29, 0.717) is 17.5 Å². The smallest absolute Gasteiger partial charge is 0.251 e. The van der Waals surface area contributed by atoms with Crippen LogP contribution in [0.3, 0.4) is 0 Å². The summed E-state index contributed by atoms with van der Waals surface area (Å²) in [6, 6.07) is 8.94. The van der Waals surface area contributed by atoms with Gasteiger partial charge in [0.05, 0.1) is 11.3 Å². The number of thioether (sulfide) groups is 1. The highest BCUT2D eigenvalue weighted by molar-refractivity contribution is 7.98. The van der Waals surface area contributed by atoms with E-state index >= 15 is 0 Å². The minimum absolute atomic E-state index is 0.246. The molecule has 5 nitrogen and oxygen atoms in total. The van der Waals surface area contributed by atoms with Crippen LogP contribution in [0.4, 0.5) is 0 Å². The number of hydrogen-bond acceptors (Lipinski definition) is 6. The average molecular weight is 302 g/mol. The fraction of sp³-hybridized carbons (Fsp3) is 0.200. The lowest BCUT2D eigenvalue weighted by Gasteiger charge is -1.98.